The first-order valence-electron chi connectivity index (χ1n) is 7.57. The summed E-state index contributed by atoms with van der Waals surface area (Å²) in [5.74, 6) is -0.270. The van der Waals surface area contributed by atoms with Crippen molar-refractivity contribution in [3.05, 3.63) is 63.6 Å². The first-order chi connectivity index (χ1) is 11.9. The number of aryl methyl sites for hydroxylation is 1. The highest BCUT2D eigenvalue weighted by Gasteiger charge is 2.29. The van der Waals surface area contributed by atoms with Crippen LogP contribution in [0.15, 0.2) is 46.9 Å². The van der Waals surface area contributed by atoms with Crippen LogP contribution in [0.5, 0.6) is 0 Å². The molecule has 1 aliphatic heterocycles. The normalized spacial score (nSPS) is 14.1. The van der Waals surface area contributed by atoms with Crippen molar-refractivity contribution in [2.75, 3.05) is 11.1 Å². The van der Waals surface area contributed by atoms with Crippen molar-refractivity contribution >= 4 is 50.4 Å². The zero-order valence-corrected chi connectivity index (χ0v) is 15.8. The summed E-state index contributed by atoms with van der Waals surface area (Å²) < 4.78 is 0.808. The molecule has 2 aromatic carbocycles. The molecule has 0 radical (unpaired) electrons. The van der Waals surface area contributed by atoms with E-state index in [9.17, 15) is 14.4 Å². The molecular formula is C18H15BrN2O3S. The van der Waals surface area contributed by atoms with Crippen LogP contribution < -0.4 is 5.32 Å². The minimum Gasteiger partial charge on any atom is -0.321 e. The van der Waals surface area contributed by atoms with Crippen molar-refractivity contribution < 1.29 is 14.4 Å². The van der Waals surface area contributed by atoms with Gasteiger partial charge in [0.15, 0.2) is 0 Å². The summed E-state index contributed by atoms with van der Waals surface area (Å²) in [5, 5.41) is 2.61. The number of nitrogens with one attached hydrogen (secondary N) is 1. The molecule has 2 aromatic rings. The molecule has 1 N–H and O–H groups in total. The number of rotatable bonds is 4. The van der Waals surface area contributed by atoms with Crippen LogP contribution in [0.1, 0.15) is 21.5 Å². The second-order valence-corrected chi connectivity index (χ2v) is 7.45. The molecule has 0 spiro atoms. The van der Waals surface area contributed by atoms with Crippen molar-refractivity contribution in [2.45, 2.75) is 13.5 Å². The molecule has 1 heterocycles. The predicted octanol–water partition coefficient (Wildman–Crippen LogP) is 4.21. The highest BCUT2D eigenvalue weighted by Crippen LogP contribution is 2.25. The molecule has 3 rings (SSSR count). The lowest BCUT2D eigenvalue weighted by Gasteiger charge is -2.14. The molecular weight excluding hydrogens is 404 g/mol. The predicted molar refractivity (Wildman–Crippen MR) is 102 cm³/mol. The first-order valence-corrected chi connectivity index (χ1v) is 9.35. The van der Waals surface area contributed by atoms with E-state index in [0.29, 0.717) is 11.3 Å². The number of carbonyl (C=O) groups is 3. The number of amides is 3. The van der Waals surface area contributed by atoms with Crippen LogP contribution in [0.25, 0.3) is 0 Å². The number of imide groups is 1. The lowest BCUT2D eigenvalue weighted by Crippen LogP contribution is -2.28. The van der Waals surface area contributed by atoms with Crippen LogP contribution >= 0.6 is 27.7 Å². The summed E-state index contributed by atoms with van der Waals surface area (Å²) in [4.78, 5) is 37.1. The van der Waals surface area contributed by atoms with Gasteiger partial charge in [-0.2, -0.15) is 0 Å². The van der Waals surface area contributed by atoms with Gasteiger partial charge < -0.3 is 5.32 Å². The largest absolute Gasteiger partial charge is 0.321 e. The van der Waals surface area contributed by atoms with Crippen LogP contribution in [0.3, 0.4) is 0 Å². The molecule has 0 aromatic heterocycles. The SMILES string of the molecule is Cc1ccc(NC(=O)c2cccc(CN3C(=O)CSC3=O)c2)c(Br)c1. The Morgan fingerprint density at radius 2 is 2.04 bits per heavy atom. The average molecular weight is 419 g/mol. The second-order valence-electron chi connectivity index (χ2n) is 5.67. The number of anilines is 1. The number of carbonyl (C=O) groups excluding carboxylic acids is 3. The maximum atomic E-state index is 12.5. The molecule has 0 atom stereocenters. The zero-order chi connectivity index (χ0) is 18.0. The van der Waals surface area contributed by atoms with Gasteiger partial charge in [-0.15, -0.1) is 0 Å². The monoisotopic (exact) mass is 418 g/mol. The fourth-order valence-corrected chi connectivity index (χ4v) is 3.76. The van der Waals surface area contributed by atoms with Gasteiger partial charge in [-0.25, -0.2) is 0 Å². The summed E-state index contributed by atoms with van der Waals surface area (Å²) in [6.07, 6.45) is 0. The number of nitrogens with zero attached hydrogens (tertiary/aromatic N) is 1. The standard InChI is InChI=1S/C18H15BrN2O3S/c1-11-5-6-15(14(19)7-11)20-17(23)13-4-2-3-12(8-13)9-21-16(22)10-25-18(21)24/h2-8H,9-10H2,1H3,(H,20,23). The number of hydrogen-bond donors (Lipinski definition) is 1. The second kappa shape index (κ2) is 7.41. The Labute approximate surface area is 157 Å². The van der Waals surface area contributed by atoms with E-state index in [1.165, 1.54) is 4.90 Å². The van der Waals surface area contributed by atoms with Crippen molar-refractivity contribution in [1.82, 2.24) is 4.90 Å². The topological polar surface area (TPSA) is 66.5 Å². The van der Waals surface area contributed by atoms with Gasteiger partial charge in [0.25, 0.3) is 11.1 Å². The van der Waals surface area contributed by atoms with Crippen molar-refractivity contribution in [3.8, 4) is 0 Å². The minimum absolute atomic E-state index is 0.181. The molecule has 1 fully saturated rings. The molecule has 1 aliphatic rings. The lowest BCUT2D eigenvalue weighted by atomic mass is 10.1. The van der Waals surface area contributed by atoms with Gasteiger partial charge in [0, 0.05) is 10.0 Å². The Morgan fingerprint density at radius 1 is 1.24 bits per heavy atom. The first kappa shape index (κ1) is 17.7. The van der Waals surface area contributed by atoms with Crippen LogP contribution in [0, 0.1) is 6.92 Å². The van der Waals surface area contributed by atoms with Gasteiger partial charge in [-0.05, 0) is 58.2 Å². The van der Waals surface area contributed by atoms with E-state index in [-0.39, 0.29) is 29.4 Å². The molecule has 0 unspecified atom stereocenters. The zero-order valence-electron chi connectivity index (χ0n) is 13.4. The number of hydrogen-bond acceptors (Lipinski definition) is 4. The molecule has 25 heavy (non-hydrogen) atoms. The van der Waals surface area contributed by atoms with E-state index in [2.05, 4.69) is 21.2 Å². The third kappa shape index (κ3) is 4.11. The van der Waals surface area contributed by atoms with Gasteiger partial charge in [-0.1, -0.05) is 30.0 Å². The Morgan fingerprint density at radius 3 is 2.72 bits per heavy atom. The summed E-state index contributed by atoms with van der Waals surface area (Å²) in [5.41, 5.74) is 2.98. The van der Waals surface area contributed by atoms with E-state index in [1.54, 1.807) is 24.3 Å². The molecule has 0 aliphatic carbocycles. The summed E-state index contributed by atoms with van der Waals surface area (Å²) in [6, 6.07) is 12.6. The van der Waals surface area contributed by atoms with Gasteiger partial charge in [0.05, 0.1) is 18.0 Å². The number of thioether (sulfide) groups is 1. The molecule has 7 heteroatoms. The van der Waals surface area contributed by atoms with Crippen LogP contribution in [0.2, 0.25) is 0 Å². The summed E-state index contributed by atoms with van der Waals surface area (Å²) in [6.45, 7) is 2.15. The third-order valence-corrected chi connectivity index (χ3v) is 5.26. The van der Waals surface area contributed by atoms with Gasteiger partial charge >= 0.3 is 0 Å². The van der Waals surface area contributed by atoms with Crippen molar-refractivity contribution in [1.29, 1.82) is 0 Å². The molecule has 128 valence electrons. The summed E-state index contributed by atoms with van der Waals surface area (Å²) in [7, 11) is 0. The highest BCUT2D eigenvalue weighted by molar-refractivity contribution is 9.10. The smallest absolute Gasteiger partial charge is 0.289 e. The van der Waals surface area contributed by atoms with Crippen LogP contribution in [-0.4, -0.2) is 27.7 Å². The van der Waals surface area contributed by atoms with Crippen LogP contribution in [0.4, 0.5) is 10.5 Å². The number of benzene rings is 2. The summed E-state index contributed by atoms with van der Waals surface area (Å²) >= 11 is 4.44. The Kier molecular flexibility index (Phi) is 5.24. The van der Waals surface area contributed by atoms with E-state index in [0.717, 1.165) is 27.4 Å². The maximum absolute atomic E-state index is 12.5. The Bertz CT molecular complexity index is 853. The molecule has 5 nitrogen and oxygen atoms in total. The molecule has 0 saturated carbocycles. The Hall–Kier alpha value is -2.12. The fraction of sp³-hybridized carbons (Fsp3) is 0.167. The molecule has 3 amide bonds. The lowest BCUT2D eigenvalue weighted by molar-refractivity contribution is -0.125. The maximum Gasteiger partial charge on any atom is 0.289 e. The van der Waals surface area contributed by atoms with Crippen molar-refractivity contribution in [2.24, 2.45) is 0 Å². The van der Waals surface area contributed by atoms with Gasteiger partial charge in [-0.3, -0.25) is 19.3 Å². The molecule has 1 saturated heterocycles. The highest BCUT2D eigenvalue weighted by atomic mass is 79.9. The van der Waals surface area contributed by atoms with E-state index in [4.69, 9.17) is 0 Å². The van der Waals surface area contributed by atoms with E-state index < -0.39 is 0 Å². The quantitative estimate of drug-likeness (QED) is 0.807. The fourth-order valence-electron chi connectivity index (χ4n) is 2.44. The van der Waals surface area contributed by atoms with E-state index >= 15 is 0 Å². The van der Waals surface area contributed by atoms with Crippen molar-refractivity contribution in [3.63, 3.8) is 0 Å². The minimum atomic E-state index is -0.250. The van der Waals surface area contributed by atoms with E-state index in [1.807, 2.05) is 25.1 Å². The van der Waals surface area contributed by atoms with Gasteiger partial charge in [0.2, 0.25) is 5.91 Å². The van der Waals surface area contributed by atoms with Gasteiger partial charge in [0.1, 0.15) is 0 Å². The average Bonchev–Trinajstić information content (AvgIpc) is 2.89. The molecule has 0 bridgehead atoms. The number of halogens is 1. The third-order valence-electron chi connectivity index (χ3n) is 3.74. The Balaban J connectivity index is 1.75. The van der Waals surface area contributed by atoms with Crippen LogP contribution in [-0.2, 0) is 11.3 Å².